The number of hydrogen-bond acceptors (Lipinski definition) is 5. The van der Waals surface area contributed by atoms with Crippen LogP contribution in [0.3, 0.4) is 0 Å². The predicted octanol–water partition coefficient (Wildman–Crippen LogP) is 5.03. The molecule has 0 aliphatic carbocycles. The van der Waals surface area contributed by atoms with Crippen molar-refractivity contribution >= 4 is 35.4 Å². The Kier molecular flexibility index (Phi) is 8.11. The highest BCUT2D eigenvalue weighted by Crippen LogP contribution is 2.40. The molecule has 2 bridgehead atoms. The van der Waals surface area contributed by atoms with Crippen molar-refractivity contribution in [1.82, 2.24) is 25.3 Å². The molecule has 6 rings (SSSR count). The summed E-state index contributed by atoms with van der Waals surface area (Å²) >= 11 is 0. The van der Waals surface area contributed by atoms with Gasteiger partial charge in [-0.15, -0.1) is 0 Å². The molecule has 3 fully saturated rings. The molecule has 6 amide bonds. The molecule has 3 aliphatic rings. The van der Waals surface area contributed by atoms with E-state index in [9.17, 15) is 19.2 Å². The smallest absolute Gasteiger partial charge is 0.324 e. The average molecular weight is 612 g/mol. The van der Waals surface area contributed by atoms with Crippen LogP contribution in [0.15, 0.2) is 54.6 Å². The third-order valence-corrected chi connectivity index (χ3v) is 9.09. The number of carbonyl (C=O) groups is 4. The van der Waals surface area contributed by atoms with Crippen molar-refractivity contribution in [3.05, 3.63) is 71.4 Å². The molecule has 4 heterocycles. The number of amides is 6. The molecule has 11 nitrogen and oxygen atoms in total. The van der Waals surface area contributed by atoms with Crippen LogP contribution in [-0.4, -0.2) is 56.7 Å². The topological polar surface area (TPSA) is 137 Å². The first kappa shape index (κ1) is 30.4. The van der Waals surface area contributed by atoms with Gasteiger partial charge in [0.2, 0.25) is 5.91 Å². The number of hydrogen-bond donors (Lipinski definition) is 4. The van der Waals surface area contributed by atoms with Gasteiger partial charge in [0.15, 0.2) is 0 Å². The zero-order valence-corrected chi connectivity index (χ0v) is 26.2. The molecule has 0 spiro atoms. The van der Waals surface area contributed by atoms with Crippen molar-refractivity contribution in [2.45, 2.75) is 89.8 Å². The summed E-state index contributed by atoms with van der Waals surface area (Å²) in [6, 6.07) is 16.5. The second kappa shape index (κ2) is 12.0. The summed E-state index contributed by atoms with van der Waals surface area (Å²) < 4.78 is 1.76. The molecule has 3 aliphatic heterocycles. The highest BCUT2D eigenvalue weighted by Gasteiger charge is 2.44. The van der Waals surface area contributed by atoms with Crippen LogP contribution in [-0.2, 0) is 21.4 Å². The number of fused-ring (bicyclic) bond motifs is 2. The Labute approximate surface area is 263 Å². The van der Waals surface area contributed by atoms with Crippen molar-refractivity contribution < 1.29 is 19.2 Å². The zero-order valence-electron chi connectivity index (χ0n) is 26.2. The van der Waals surface area contributed by atoms with E-state index in [1.54, 1.807) is 4.68 Å². The summed E-state index contributed by atoms with van der Waals surface area (Å²) in [5.74, 6) is 0.541. The number of nitrogens with one attached hydrogen (secondary N) is 4. The molecule has 11 heteroatoms. The van der Waals surface area contributed by atoms with E-state index >= 15 is 0 Å². The Balaban J connectivity index is 1.04. The largest absolute Gasteiger partial charge is 0.337 e. The lowest BCUT2D eigenvalue weighted by atomic mass is 9.85. The van der Waals surface area contributed by atoms with E-state index in [1.807, 2.05) is 66.4 Å². The molecule has 0 saturated carbocycles. The highest BCUT2D eigenvalue weighted by atomic mass is 16.2. The molecule has 3 atom stereocenters. The summed E-state index contributed by atoms with van der Waals surface area (Å²) in [5.41, 5.74) is 4.58. The molecule has 3 saturated heterocycles. The van der Waals surface area contributed by atoms with E-state index in [2.05, 4.69) is 42.0 Å². The number of aryl methyl sites for hydroxylation is 1. The Morgan fingerprint density at radius 1 is 0.956 bits per heavy atom. The molecular weight excluding hydrogens is 570 g/mol. The summed E-state index contributed by atoms with van der Waals surface area (Å²) in [7, 11) is 0. The van der Waals surface area contributed by atoms with E-state index in [0.717, 1.165) is 49.0 Å². The van der Waals surface area contributed by atoms with Crippen LogP contribution in [0, 0.1) is 12.8 Å². The van der Waals surface area contributed by atoms with Crippen molar-refractivity contribution in [2.75, 3.05) is 10.6 Å². The van der Waals surface area contributed by atoms with E-state index in [4.69, 9.17) is 5.10 Å². The predicted molar refractivity (Wildman–Crippen MR) is 171 cm³/mol. The minimum Gasteiger partial charge on any atom is -0.337 e. The lowest BCUT2D eigenvalue weighted by Gasteiger charge is -2.39. The molecule has 4 N–H and O–H groups in total. The third-order valence-electron chi connectivity index (χ3n) is 9.09. The molecule has 0 radical (unpaired) electrons. The molecule has 3 unspecified atom stereocenters. The number of rotatable bonds is 7. The van der Waals surface area contributed by atoms with Gasteiger partial charge in [-0.05, 0) is 74.8 Å². The average Bonchev–Trinajstić information content (AvgIpc) is 3.62. The van der Waals surface area contributed by atoms with Crippen LogP contribution in [0.2, 0.25) is 0 Å². The number of aromatic nitrogens is 2. The number of imide groups is 1. The first-order valence-electron chi connectivity index (χ1n) is 15.7. The minimum atomic E-state index is -0.785. The Hall–Kier alpha value is -4.67. The molecule has 3 aromatic rings. The van der Waals surface area contributed by atoms with Gasteiger partial charge in [-0.3, -0.25) is 20.2 Å². The molecule has 2 aromatic carbocycles. The van der Waals surface area contributed by atoms with Gasteiger partial charge in [0.1, 0.15) is 11.9 Å². The first-order valence-corrected chi connectivity index (χ1v) is 15.7. The lowest BCUT2D eigenvalue weighted by Crippen LogP contribution is -2.49. The SMILES string of the molecule is Cc1ccc(-n2nc(C(C)(C)C)cc2NC(=O)Nc2ccc(CC3CC4CCC(C3)N4C(=O)CC3NC(=O)NC3=O)cc2)cc1. The van der Waals surface area contributed by atoms with E-state index in [0.29, 0.717) is 17.4 Å². The molecule has 236 valence electrons. The van der Waals surface area contributed by atoms with Crippen LogP contribution >= 0.6 is 0 Å². The molecule has 45 heavy (non-hydrogen) atoms. The normalized spacial score (nSPS) is 22.6. The second-order valence-electron chi connectivity index (χ2n) is 13.6. The number of urea groups is 2. The quantitative estimate of drug-likeness (QED) is 0.278. The summed E-state index contributed by atoms with van der Waals surface area (Å²) in [5, 5.41) is 15.4. The number of piperidine rings is 1. The van der Waals surface area contributed by atoms with E-state index in [-0.39, 0.29) is 35.9 Å². The van der Waals surface area contributed by atoms with Crippen molar-refractivity contribution in [2.24, 2.45) is 5.92 Å². The third kappa shape index (κ3) is 6.72. The van der Waals surface area contributed by atoms with Gasteiger partial charge in [-0.25, -0.2) is 14.3 Å². The number of nitrogens with zero attached hydrogens (tertiary/aromatic N) is 3. The van der Waals surface area contributed by atoms with Crippen LogP contribution in [0.1, 0.15) is 69.7 Å². The van der Waals surface area contributed by atoms with Gasteiger partial charge < -0.3 is 15.5 Å². The fourth-order valence-corrected chi connectivity index (χ4v) is 6.80. The fraction of sp³-hybridized carbons (Fsp3) is 0.441. The van der Waals surface area contributed by atoms with Gasteiger partial charge in [-0.2, -0.15) is 5.10 Å². The maximum Gasteiger partial charge on any atom is 0.324 e. The highest BCUT2D eigenvalue weighted by molar-refractivity contribution is 6.05. The lowest BCUT2D eigenvalue weighted by molar-refractivity contribution is -0.138. The van der Waals surface area contributed by atoms with Crippen LogP contribution in [0.5, 0.6) is 0 Å². The standard InChI is InChI=1S/C34H41N7O4/c1-20-5-11-24(12-6-20)41-29(19-28(39-41)34(2,3)4)37-32(44)35-23-9-7-21(8-10-23)15-22-16-25-13-14-26(17-22)40(25)30(42)18-27-31(43)38-33(45)36-27/h5-12,19,22,25-27H,13-18H2,1-4H3,(H2,35,37,44)(H2,36,38,43,45). The second-order valence-corrected chi connectivity index (χ2v) is 13.6. The van der Waals surface area contributed by atoms with Gasteiger partial charge in [0, 0.05) is 29.3 Å². The number of benzene rings is 2. The van der Waals surface area contributed by atoms with E-state index in [1.165, 1.54) is 5.56 Å². The molecule has 1 aromatic heterocycles. The fourth-order valence-electron chi connectivity index (χ4n) is 6.80. The Morgan fingerprint density at radius 2 is 1.62 bits per heavy atom. The maximum atomic E-state index is 13.1. The van der Waals surface area contributed by atoms with Gasteiger partial charge in [0.05, 0.1) is 17.8 Å². The van der Waals surface area contributed by atoms with Gasteiger partial charge >= 0.3 is 12.1 Å². The number of carbonyl (C=O) groups excluding carboxylic acids is 4. The number of anilines is 2. The summed E-state index contributed by atoms with van der Waals surface area (Å²) in [4.78, 5) is 51.4. The monoisotopic (exact) mass is 611 g/mol. The summed E-state index contributed by atoms with van der Waals surface area (Å²) in [6.07, 6.45) is 4.66. The van der Waals surface area contributed by atoms with E-state index < -0.39 is 18.0 Å². The van der Waals surface area contributed by atoms with Crippen molar-refractivity contribution in [3.63, 3.8) is 0 Å². The van der Waals surface area contributed by atoms with Crippen LogP contribution < -0.4 is 21.3 Å². The van der Waals surface area contributed by atoms with Gasteiger partial charge in [-0.1, -0.05) is 50.6 Å². The Bertz CT molecular complexity index is 1590. The van der Waals surface area contributed by atoms with Crippen molar-refractivity contribution in [3.8, 4) is 5.69 Å². The maximum absolute atomic E-state index is 13.1. The molecular formula is C34H41N7O4. The minimum absolute atomic E-state index is 0.00330. The first-order chi connectivity index (χ1) is 21.4. The van der Waals surface area contributed by atoms with Crippen LogP contribution in [0.4, 0.5) is 21.1 Å². The Morgan fingerprint density at radius 3 is 2.22 bits per heavy atom. The zero-order chi connectivity index (χ0) is 31.9. The summed E-state index contributed by atoms with van der Waals surface area (Å²) in [6.45, 7) is 8.31. The van der Waals surface area contributed by atoms with Crippen LogP contribution in [0.25, 0.3) is 5.69 Å². The van der Waals surface area contributed by atoms with Gasteiger partial charge in [0.25, 0.3) is 5.91 Å². The van der Waals surface area contributed by atoms with Crippen molar-refractivity contribution in [1.29, 1.82) is 0 Å².